The summed E-state index contributed by atoms with van der Waals surface area (Å²) in [4.78, 5) is 7.50. The summed E-state index contributed by atoms with van der Waals surface area (Å²) < 4.78 is 40.3. The molecule has 0 amide bonds. The minimum absolute atomic E-state index is 0.200. The zero-order valence-electron chi connectivity index (χ0n) is 9.94. The highest BCUT2D eigenvalue weighted by molar-refractivity contribution is 5.34. The highest BCUT2D eigenvalue weighted by Gasteiger charge is 2.36. The summed E-state index contributed by atoms with van der Waals surface area (Å²) in [5, 5.41) is 0. The molecule has 0 atom stereocenters. The van der Waals surface area contributed by atoms with Gasteiger partial charge in [0.15, 0.2) is 0 Å². The van der Waals surface area contributed by atoms with Crippen LogP contribution in [0.1, 0.15) is 31.0 Å². The first-order valence-electron chi connectivity index (χ1n) is 5.46. The molecule has 0 aliphatic carbocycles. The second-order valence-corrected chi connectivity index (χ2v) is 4.23. The molecule has 0 N–H and O–H groups in total. The van der Waals surface area contributed by atoms with E-state index in [2.05, 4.69) is 9.97 Å². The highest BCUT2D eigenvalue weighted by Crippen LogP contribution is 2.34. The fourth-order valence-electron chi connectivity index (χ4n) is 1.69. The van der Waals surface area contributed by atoms with Gasteiger partial charge in [-0.15, -0.1) is 0 Å². The van der Waals surface area contributed by atoms with E-state index in [4.69, 9.17) is 0 Å². The van der Waals surface area contributed by atoms with E-state index in [-0.39, 0.29) is 17.3 Å². The van der Waals surface area contributed by atoms with Crippen LogP contribution in [-0.2, 0) is 6.18 Å². The Morgan fingerprint density at radius 1 is 1.22 bits per heavy atom. The molecule has 2 rings (SSSR count). The molecule has 2 aromatic heterocycles. The zero-order chi connectivity index (χ0) is 13.3. The molecule has 0 unspecified atom stereocenters. The molecule has 6 heteroatoms. The van der Waals surface area contributed by atoms with Gasteiger partial charge in [-0.05, 0) is 17.5 Å². The quantitative estimate of drug-likeness (QED) is 0.823. The Morgan fingerprint density at radius 2 is 1.94 bits per heavy atom. The number of imidazole rings is 1. The number of rotatable bonds is 2. The molecule has 3 nitrogen and oxygen atoms in total. The third kappa shape index (κ3) is 2.37. The molecule has 0 bridgehead atoms. The van der Waals surface area contributed by atoms with Crippen LogP contribution in [0.5, 0.6) is 0 Å². The van der Waals surface area contributed by atoms with Gasteiger partial charge in [-0.2, -0.15) is 13.2 Å². The lowest BCUT2D eigenvalue weighted by Gasteiger charge is -2.15. The van der Waals surface area contributed by atoms with Crippen LogP contribution in [-0.4, -0.2) is 14.5 Å². The molecule has 18 heavy (non-hydrogen) atoms. The molecular weight excluding hydrogens is 243 g/mol. The van der Waals surface area contributed by atoms with Crippen LogP contribution in [0.15, 0.2) is 30.9 Å². The zero-order valence-corrected chi connectivity index (χ0v) is 9.94. The van der Waals surface area contributed by atoms with Crippen molar-refractivity contribution in [1.82, 2.24) is 14.5 Å². The first-order chi connectivity index (χ1) is 8.39. The maximum atomic E-state index is 12.9. The molecule has 0 radical (unpaired) electrons. The third-order valence-corrected chi connectivity index (χ3v) is 2.57. The average molecular weight is 255 g/mol. The summed E-state index contributed by atoms with van der Waals surface area (Å²) in [6.45, 7) is 3.42. The second kappa shape index (κ2) is 4.44. The molecule has 0 aliphatic rings. The Morgan fingerprint density at radius 3 is 2.44 bits per heavy atom. The normalized spacial score (nSPS) is 12.1. The predicted molar refractivity (Wildman–Crippen MR) is 60.5 cm³/mol. The summed E-state index contributed by atoms with van der Waals surface area (Å²) in [5.74, 6) is -0.0183. The summed E-state index contributed by atoms with van der Waals surface area (Å²) in [6, 6.07) is 3.03. The molecule has 0 fully saturated rings. The first-order valence-corrected chi connectivity index (χ1v) is 5.46. The number of alkyl halides is 3. The Balaban J connectivity index is 2.56. The van der Waals surface area contributed by atoms with E-state index < -0.39 is 11.9 Å². The number of hydrogen-bond donors (Lipinski definition) is 0. The van der Waals surface area contributed by atoms with Gasteiger partial charge in [-0.25, -0.2) is 9.97 Å². The number of pyridine rings is 1. The fraction of sp³-hybridized carbons (Fsp3) is 0.333. The monoisotopic (exact) mass is 255 g/mol. The third-order valence-electron chi connectivity index (χ3n) is 2.57. The molecule has 2 aromatic rings. The maximum absolute atomic E-state index is 12.9. The van der Waals surface area contributed by atoms with Crippen molar-refractivity contribution in [2.75, 3.05) is 0 Å². The van der Waals surface area contributed by atoms with Gasteiger partial charge >= 0.3 is 6.18 Å². The van der Waals surface area contributed by atoms with E-state index in [0.717, 1.165) is 0 Å². The second-order valence-electron chi connectivity index (χ2n) is 4.23. The van der Waals surface area contributed by atoms with Crippen LogP contribution >= 0.6 is 0 Å². The van der Waals surface area contributed by atoms with Crippen LogP contribution in [0.25, 0.3) is 5.82 Å². The minimum Gasteiger partial charge on any atom is -0.291 e. The summed E-state index contributed by atoms with van der Waals surface area (Å²) >= 11 is 0. The van der Waals surface area contributed by atoms with Crippen LogP contribution < -0.4 is 0 Å². The van der Waals surface area contributed by atoms with Crippen molar-refractivity contribution in [1.29, 1.82) is 0 Å². The summed E-state index contributed by atoms with van der Waals surface area (Å²) in [5.41, 5.74) is -0.630. The van der Waals surface area contributed by atoms with Crippen molar-refractivity contribution in [3.05, 3.63) is 42.1 Å². The smallest absolute Gasteiger partial charge is 0.291 e. The molecule has 0 saturated carbocycles. The lowest BCUT2D eigenvalue weighted by atomic mass is 10.0. The van der Waals surface area contributed by atoms with Gasteiger partial charge in [-0.3, -0.25) is 4.57 Å². The molecule has 0 spiro atoms. The molecule has 0 aromatic carbocycles. The topological polar surface area (TPSA) is 30.7 Å². The maximum Gasteiger partial charge on any atom is 0.433 e. The van der Waals surface area contributed by atoms with E-state index in [1.165, 1.54) is 23.2 Å². The molecule has 0 aliphatic heterocycles. The van der Waals surface area contributed by atoms with Gasteiger partial charge in [0.25, 0.3) is 0 Å². The van der Waals surface area contributed by atoms with Crippen molar-refractivity contribution in [3.63, 3.8) is 0 Å². The number of halogens is 3. The first kappa shape index (κ1) is 12.6. The Labute approximate surface area is 102 Å². The van der Waals surface area contributed by atoms with Gasteiger partial charge in [-0.1, -0.05) is 19.9 Å². The SMILES string of the molecule is CC(C)c1ccc(-n2ccnc2)nc1C(F)(F)F. The standard InChI is InChI=1S/C12H12F3N3/c1-8(2)9-3-4-10(18-6-5-16-7-18)17-11(9)12(13,14)15/h3-8H,1-2H3. The lowest BCUT2D eigenvalue weighted by Crippen LogP contribution is -2.14. The van der Waals surface area contributed by atoms with Gasteiger partial charge in [0, 0.05) is 12.4 Å². The Bertz CT molecular complexity index is 530. The highest BCUT2D eigenvalue weighted by atomic mass is 19.4. The number of aromatic nitrogens is 3. The van der Waals surface area contributed by atoms with E-state index >= 15 is 0 Å². The van der Waals surface area contributed by atoms with E-state index in [0.29, 0.717) is 0 Å². The van der Waals surface area contributed by atoms with Gasteiger partial charge in [0.1, 0.15) is 17.8 Å². The molecule has 96 valence electrons. The molecule has 0 saturated heterocycles. The van der Waals surface area contributed by atoms with Crippen LogP contribution in [0.2, 0.25) is 0 Å². The Hall–Kier alpha value is -1.85. The van der Waals surface area contributed by atoms with Crippen molar-refractivity contribution in [2.45, 2.75) is 25.9 Å². The van der Waals surface area contributed by atoms with E-state index in [1.807, 2.05) is 0 Å². The van der Waals surface area contributed by atoms with Crippen molar-refractivity contribution >= 4 is 0 Å². The van der Waals surface area contributed by atoms with Crippen molar-refractivity contribution in [3.8, 4) is 5.82 Å². The number of hydrogen-bond acceptors (Lipinski definition) is 2. The lowest BCUT2D eigenvalue weighted by molar-refractivity contribution is -0.142. The minimum atomic E-state index is -4.45. The van der Waals surface area contributed by atoms with E-state index in [9.17, 15) is 13.2 Å². The molecular formula is C12H12F3N3. The van der Waals surface area contributed by atoms with Gasteiger partial charge < -0.3 is 0 Å². The molecule has 2 heterocycles. The van der Waals surface area contributed by atoms with Gasteiger partial charge in [0.2, 0.25) is 0 Å². The largest absolute Gasteiger partial charge is 0.433 e. The average Bonchev–Trinajstić information content (AvgIpc) is 2.80. The van der Waals surface area contributed by atoms with Crippen LogP contribution in [0.4, 0.5) is 13.2 Å². The summed E-state index contributed by atoms with van der Waals surface area (Å²) in [7, 11) is 0. The Kier molecular flexibility index (Phi) is 3.11. The summed E-state index contributed by atoms with van der Waals surface area (Å²) in [6.07, 6.45) is 0.0105. The van der Waals surface area contributed by atoms with Gasteiger partial charge in [0.05, 0.1) is 0 Å². The van der Waals surface area contributed by atoms with E-state index in [1.54, 1.807) is 26.1 Å². The van der Waals surface area contributed by atoms with Crippen LogP contribution in [0.3, 0.4) is 0 Å². The van der Waals surface area contributed by atoms with Crippen molar-refractivity contribution in [2.24, 2.45) is 0 Å². The van der Waals surface area contributed by atoms with Crippen molar-refractivity contribution < 1.29 is 13.2 Å². The van der Waals surface area contributed by atoms with Crippen LogP contribution in [0, 0.1) is 0 Å². The fourth-order valence-corrected chi connectivity index (χ4v) is 1.69. The number of nitrogens with zero attached hydrogens (tertiary/aromatic N) is 3. The predicted octanol–water partition coefficient (Wildman–Crippen LogP) is 3.41.